The molecule has 21 heavy (non-hydrogen) atoms. The van der Waals surface area contributed by atoms with Crippen LogP contribution in [0.1, 0.15) is 17.7 Å². The standard InChI is InChI=1S/C16H19N3O2/c20-12-14-8-17-9-16(18-14)21-15-6-7-19(11-15)10-13-4-2-1-3-5-13/h1-5,8-9,15,20H,6-7,10-12H2. The number of nitrogens with zero attached hydrogens (tertiary/aromatic N) is 3. The van der Waals surface area contributed by atoms with Gasteiger partial charge >= 0.3 is 0 Å². The predicted octanol–water partition coefficient (Wildman–Crippen LogP) is 1.62. The molecule has 0 bridgehead atoms. The molecule has 1 aromatic carbocycles. The van der Waals surface area contributed by atoms with Crippen molar-refractivity contribution in [2.24, 2.45) is 0 Å². The van der Waals surface area contributed by atoms with Crippen molar-refractivity contribution in [2.75, 3.05) is 13.1 Å². The van der Waals surface area contributed by atoms with E-state index in [1.54, 1.807) is 12.4 Å². The summed E-state index contributed by atoms with van der Waals surface area (Å²) >= 11 is 0. The van der Waals surface area contributed by atoms with Gasteiger partial charge in [0.2, 0.25) is 5.88 Å². The van der Waals surface area contributed by atoms with Crippen LogP contribution < -0.4 is 4.74 Å². The molecule has 0 spiro atoms. The van der Waals surface area contributed by atoms with E-state index in [4.69, 9.17) is 9.84 Å². The van der Waals surface area contributed by atoms with Gasteiger partial charge in [-0.3, -0.25) is 9.88 Å². The van der Waals surface area contributed by atoms with Crippen LogP contribution in [0.3, 0.4) is 0 Å². The number of aromatic nitrogens is 2. The second-order valence-corrected chi connectivity index (χ2v) is 5.26. The van der Waals surface area contributed by atoms with Crippen LogP contribution in [0.25, 0.3) is 0 Å². The molecular weight excluding hydrogens is 266 g/mol. The summed E-state index contributed by atoms with van der Waals surface area (Å²) in [6, 6.07) is 10.5. The summed E-state index contributed by atoms with van der Waals surface area (Å²) in [6.07, 6.45) is 4.26. The number of aliphatic hydroxyl groups is 1. The van der Waals surface area contributed by atoms with Gasteiger partial charge in [-0.25, -0.2) is 4.98 Å². The van der Waals surface area contributed by atoms with Gasteiger partial charge in [0.1, 0.15) is 6.10 Å². The molecule has 5 nitrogen and oxygen atoms in total. The average molecular weight is 285 g/mol. The number of benzene rings is 1. The van der Waals surface area contributed by atoms with Gasteiger partial charge in [-0.1, -0.05) is 30.3 Å². The number of rotatable bonds is 5. The maximum absolute atomic E-state index is 9.06. The van der Waals surface area contributed by atoms with E-state index in [-0.39, 0.29) is 12.7 Å². The van der Waals surface area contributed by atoms with E-state index in [1.807, 2.05) is 6.07 Å². The summed E-state index contributed by atoms with van der Waals surface area (Å²) in [6.45, 7) is 2.74. The zero-order valence-corrected chi connectivity index (χ0v) is 11.9. The van der Waals surface area contributed by atoms with Gasteiger partial charge in [-0.05, 0) is 12.0 Å². The first-order valence-electron chi connectivity index (χ1n) is 7.18. The zero-order valence-electron chi connectivity index (χ0n) is 11.9. The fraction of sp³-hybridized carbons (Fsp3) is 0.375. The van der Waals surface area contributed by atoms with Crippen LogP contribution in [0.2, 0.25) is 0 Å². The molecule has 1 aliphatic heterocycles. The molecule has 1 N–H and O–H groups in total. The maximum atomic E-state index is 9.06. The molecule has 0 radical (unpaired) electrons. The Kier molecular flexibility index (Phi) is 4.43. The third kappa shape index (κ3) is 3.77. The van der Waals surface area contributed by atoms with Gasteiger partial charge in [-0.2, -0.15) is 0 Å². The Hall–Kier alpha value is -1.98. The molecule has 110 valence electrons. The molecule has 3 rings (SSSR count). The number of hydrogen-bond acceptors (Lipinski definition) is 5. The topological polar surface area (TPSA) is 58.5 Å². The molecule has 1 saturated heterocycles. The van der Waals surface area contributed by atoms with Gasteiger partial charge in [0.15, 0.2) is 0 Å². The Balaban J connectivity index is 1.54. The Labute approximate surface area is 124 Å². The van der Waals surface area contributed by atoms with Crippen LogP contribution in [-0.2, 0) is 13.2 Å². The Morgan fingerprint density at radius 3 is 2.90 bits per heavy atom. The molecule has 2 heterocycles. The van der Waals surface area contributed by atoms with E-state index in [1.165, 1.54) is 5.56 Å². The molecule has 1 unspecified atom stereocenters. The molecule has 2 aromatic rings. The SMILES string of the molecule is OCc1cncc(OC2CCN(Cc3ccccc3)C2)n1. The second kappa shape index (κ2) is 6.65. The smallest absolute Gasteiger partial charge is 0.232 e. The first-order valence-corrected chi connectivity index (χ1v) is 7.18. The molecule has 0 amide bonds. The van der Waals surface area contributed by atoms with Crippen molar-refractivity contribution >= 4 is 0 Å². The fourth-order valence-electron chi connectivity index (χ4n) is 2.57. The van der Waals surface area contributed by atoms with Crippen molar-refractivity contribution in [3.05, 3.63) is 54.0 Å². The fourth-order valence-corrected chi connectivity index (χ4v) is 2.57. The van der Waals surface area contributed by atoms with Gasteiger partial charge in [-0.15, -0.1) is 0 Å². The largest absolute Gasteiger partial charge is 0.472 e. The van der Waals surface area contributed by atoms with Crippen LogP contribution in [-0.4, -0.2) is 39.2 Å². The third-order valence-corrected chi connectivity index (χ3v) is 3.59. The summed E-state index contributed by atoms with van der Waals surface area (Å²) < 4.78 is 5.86. The molecule has 1 fully saturated rings. The number of aliphatic hydroxyl groups excluding tert-OH is 1. The first-order chi connectivity index (χ1) is 10.3. The van der Waals surface area contributed by atoms with Gasteiger partial charge in [0, 0.05) is 19.6 Å². The van der Waals surface area contributed by atoms with Crippen LogP contribution >= 0.6 is 0 Å². The normalized spacial score (nSPS) is 18.8. The quantitative estimate of drug-likeness (QED) is 0.904. The van der Waals surface area contributed by atoms with Crippen molar-refractivity contribution in [3.8, 4) is 5.88 Å². The van der Waals surface area contributed by atoms with Crippen LogP contribution in [0, 0.1) is 0 Å². The van der Waals surface area contributed by atoms with Crippen LogP contribution in [0.5, 0.6) is 5.88 Å². The van der Waals surface area contributed by atoms with Crippen molar-refractivity contribution in [1.82, 2.24) is 14.9 Å². The summed E-state index contributed by atoms with van der Waals surface area (Å²) in [5, 5.41) is 9.06. The van der Waals surface area contributed by atoms with E-state index in [9.17, 15) is 0 Å². The highest BCUT2D eigenvalue weighted by Crippen LogP contribution is 2.18. The lowest BCUT2D eigenvalue weighted by Gasteiger charge is -2.16. The lowest BCUT2D eigenvalue weighted by atomic mass is 10.2. The Bertz CT molecular complexity index is 577. The third-order valence-electron chi connectivity index (χ3n) is 3.59. The molecule has 0 aliphatic carbocycles. The Morgan fingerprint density at radius 1 is 1.24 bits per heavy atom. The average Bonchev–Trinajstić information content (AvgIpc) is 2.95. The van der Waals surface area contributed by atoms with Crippen molar-refractivity contribution in [1.29, 1.82) is 0 Å². The first kappa shape index (κ1) is 14.0. The summed E-state index contributed by atoms with van der Waals surface area (Å²) in [5.74, 6) is 0.494. The highest BCUT2D eigenvalue weighted by Gasteiger charge is 2.24. The summed E-state index contributed by atoms with van der Waals surface area (Å²) in [5.41, 5.74) is 1.85. The second-order valence-electron chi connectivity index (χ2n) is 5.26. The summed E-state index contributed by atoms with van der Waals surface area (Å²) in [4.78, 5) is 10.6. The van der Waals surface area contributed by atoms with Crippen LogP contribution in [0.4, 0.5) is 0 Å². The minimum Gasteiger partial charge on any atom is -0.472 e. The minimum absolute atomic E-state index is 0.116. The van der Waals surface area contributed by atoms with Gasteiger partial charge < -0.3 is 9.84 Å². The van der Waals surface area contributed by atoms with Crippen LogP contribution in [0.15, 0.2) is 42.7 Å². The van der Waals surface area contributed by atoms with Crippen molar-refractivity contribution in [3.63, 3.8) is 0 Å². The maximum Gasteiger partial charge on any atom is 0.232 e. The predicted molar refractivity (Wildman–Crippen MR) is 78.7 cm³/mol. The van der Waals surface area contributed by atoms with E-state index in [2.05, 4.69) is 39.1 Å². The van der Waals surface area contributed by atoms with Gasteiger partial charge in [0.05, 0.1) is 24.7 Å². The number of hydrogen-bond donors (Lipinski definition) is 1. The van der Waals surface area contributed by atoms with E-state index >= 15 is 0 Å². The summed E-state index contributed by atoms with van der Waals surface area (Å²) in [7, 11) is 0. The zero-order chi connectivity index (χ0) is 14.5. The van der Waals surface area contributed by atoms with Gasteiger partial charge in [0.25, 0.3) is 0 Å². The van der Waals surface area contributed by atoms with Crippen molar-refractivity contribution < 1.29 is 9.84 Å². The van der Waals surface area contributed by atoms with Crippen molar-refractivity contribution in [2.45, 2.75) is 25.7 Å². The molecule has 0 saturated carbocycles. The monoisotopic (exact) mass is 285 g/mol. The lowest BCUT2D eigenvalue weighted by Crippen LogP contribution is -2.24. The highest BCUT2D eigenvalue weighted by atomic mass is 16.5. The van der Waals surface area contributed by atoms with E-state index in [0.29, 0.717) is 11.6 Å². The highest BCUT2D eigenvalue weighted by molar-refractivity contribution is 5.15. The Morgan fingerprint density at radius 2 is 2.10 bits per heavy atom. The lowest BCUT2D eigenvalue weighted by molar-refractivity contribution is 0.188. The molecule has 1 atom stereocenters. The minimum atomic E-state index is -0.116. The molecule has 5 heteroatoms. The molecule has 1 aliphatic rings. The van der Waals surface area contributed by atoms with E-state index in [0.717, 1.165) is 26.1 Å². The number of likely N-dealkylation sites (tertiary alicyclic amines) is 1. The molecule has 1 aromatic heterocycles. The number of ether oxygens (including phenoxy) is 1. The van der Waals surface area contributed by atoms with E-state index < -0.39 is 0 Å². The molecular formula is C16H19N3O2.